The highest BCUT2D eigenvalue weighted by Crippen LogP contribution is 2.32. The molecule has 3 aromatic carbocycles. The Kier molecular flexibility index (Phi) is 26.6. The number of carbonyl (C=O) groups is 2. The van der Waals surface area contributed by atoms with E-state index in [-0.39, 0.29) is 73.3 Å². The monoisotopic (exact) mass is 1320 g/mol. The fourth-order valence-electron chi connectivity index (χ4n) is 11.7. The Bertz CT molecular complexity index is 3720. The number of hydrogen-bond donors (Lipinski definition) is 2. The zero-order valence-corrected chi connectivity index (χ0v) is 53.5. The van der Waals surface area contributed by atoms with Gasteiger partial charge in [-0.15, -0.1) is 0 Å². The molecule has 0 radical (unpaired) electrons. The van der Waals surface area contributed by atoms with Crippen LogP contribution in [0.15, 0.2) is 83.7 Å². The molecule has 4 aliphatic carbocycles. The van der Waals surface area contributed by atoms with E-state index < -0.39 is 57.0 Å². The van der Waals surface area contributed by atoms with Gasteiger partial charge in [0.15, 0.2) is 5.69 Å². The standard InChI is InChI=1S/C19H22F2N2O3.C18H22F2N2O4S.C17H20F2N2O2.C12H18N2O3/c1-2-25-19(24)17-10-18(23(22-17)11-13-5-3-4-6-13)26-12-14-9-15(20)7-8-16(14)21;1-27(23,24)26-12-16-9-18(22(21-16)10-13-4-2-3-5-13)25-11-14-8-15(19)6-7-17(14)20;18-14-5-6-16(19)13(7-14)11-23-17-8-15(10-22)20-21(17)9-12-3-1-2-4-12;1-2-17-12(16)10-7-11(15)14(13-10)8-9-5-3-4-6-9/h7-10,13H,2-6,11-12H2,1H3;6-9,13H,2-5,10-12H2,1H3;5-8,12,22H,1-4,9-11H2;7,9,13H,2-6,8H2,1H3. The normalized spacial score (nSPS) is 15.3. The summed E-state index contributed by atoms with van der Waals surface area (Å²) in [5.41, 5.74) is 1.51. The maximum absolute atomic E-state index is 13.8. The molecule has 0 amide bonds. The highest BCUT2D eigenvalue weighted by Gasteiger charge is 2.25. The topological polar surface area (TPSA) is 235 Å². The summed E-state index contributed by atoms with van der Waals surface area (Å²) in [7, 11) is -3.60. The van der Waals surface area contributed by atoms with E-state index >= 15 is 0 Å². The Balaban J connectivity index is 0.000000161. The Labute approximate surface area is 536 Å². The van der Waals surface area contributed by atoms with E-state index in [2.05, 4.69) is 20.4 Å². The molecule has 506 valence electrons. The van der Waals surface area contributed by atoms with Gasteiger partial charge in [0.05, 0.1) is 37.5 Å². The Morgan fingerprint density at radius 3 is 1.30 bits per heavy atom. The fraction of sp³-hybridized carbons (Fsp3) is 0.515. The Morgan fingerprint density at radius 1 is 0.516 bits per heavy atom. The van der Waals surface area contributed by atoms with Gasteiger partial charge in [-0.25, -0.2) is 50.0 Å². The van der Waals surface area contributed by atoms with Crippen LogP contribution in [0.25, 0.3) is 0 Å². The van der Waals surface area contributed by atoms with Crippen LogP contribution < -0.4 is 19.8 Å². The molecule has 2 N–H and O–H groups in total. The maximum Gasteiger partial charge on any atom is 0.358 e. The van der Waals surface area contributed by atoms with E-state index in [4.69, 9.17) is 27.9 Å². The predicted molar refractivity (Wildman–Crippen MR) is 329 cm³/mol. The molecular formula is C66H82F6N8O12S. The molecule has 4 fully saturated rings. The molecule has 0 spiro atoms. The molecular weight excluding hydrogens is 1240 g/mol. The molecule has 0 bridgehead atoms. The molecule has 27 heteroatoms. The van der Waals surface area contributed by atoms with Crippen molar-refractivity contribution >= 4 is 22.1 Å². The molecule has 0 atom stereocenters. The fourth-order valence-corrected chi connectivity index (χ4v) is 12.1. The van der Waals surface area contributed by atoms with Crippen molar-refractivity contribution in [1.82, 2.24) is 39.1 Å². The number of H-pyrrole nitrogens is 1. The molecule has 4 aromatic heterocycles. The summed E-state index contributed by atoms with van der Waals surface area (Å²) >= 11 is 0. The average molecular weight is 1330 g/mol. The third-order valence-corrected chi connectivity index (χ3v) is 17.0. The summed E-state index contributed by atoms with van der Waals surface area (Å²) in [5, 5.41) is 25.1. The summed E-state index contributed by atoms with van der Waals surface area (Å²) in [5.74, 6) is -0.932. The second-order valence-electron chi connectivity index (χ2n) is 23.7. The van der Waals surface area contributed by atoms with Crippen molar-refractivity contribution in [2.45, 2.75) is 176 Å². The predicted octanol–water partition coefficient (Wildman–Crippen LogP) is 12.5. The minimum atomic E-state index is -3.60. The van der Waals surface area contributed by atoms with Crippen molar-refractivity contribution in [3.63, 3.8) is 0 Å². The molecule has 4 saturated carbocycles. The Hall–Kier alpha value is -7.91. The smallest absolute Gasteiger partial charge is 0.358 e. The molecule has 0 saturated heterocycles. The van der Waals surface area contributed by atoms with Crippen LogP contribution in [0, 0.1) is 58.6 Å². The first-order valence-electron chi connectivity index (χ1n) is 31.7. The van der Waals surface area contributed by atoms with Crippen LogP contribution in [0.2, 0.25) is 0 Å². The highest BCUT2D eigenvalue weighted by atomic mass is 32.2. The average Bonchev–Trinajstić information content (AvgIpc) is 1.85. The van der Waals surface area contributed by atoms with Crippen molar-refractivity contribution in [2.75, 3.05) is 19.5 Å². The number of halogens is 6. The number of ether oxygens (including phenoxy) is 5. The van der Waals surface area contributed by atoms with Crippen LogP contribution in [-0.2, 0) is 83.0 Å². The Morgan fingerprint density at radius 2 is 0.892 bits per heavy atom. The van der Waals surface area contributed by atoms with Gasteiger partial charge in [-0.2, -0.15) is 23.7 Å². The van der Waals surface area contributed by atoms with Crippen LogP contribution in [0.3, 0.4) is 0 Å². The number of esters is 2. The van der Waals surface area contributed by atoms with Crippen molar-refractivity contribution in [3.05, 3.63) is 164 Å². The largest absolute Gasteiger partial charge is 0.473 e. The molecule has 4 heterocycles. The number of aliphatic hydroxyl groups is 1. The number of aromatic amines is 1. The van der Waals surface area contributed by atoms with Gasteiger partial charge in [-0.05, 0) is 143 Å². The number of nitrogens with one attached hydrogen (secondary N) is 1. The van der Waals surface area contributed by atoms with Crippen molar-refractivity contribution < 1.29 is 77.3 Å². The molecule has 4 aliphatic rings. The van der Waals surface area contributed by atoms with Gasteiger partial charge in [0.25, 0.3) is 15.7 Å². The van der Waals surface area contributed by atoms with Gasteiger partial charge in [0, 0.05) is 67.1 Å². The van der Waals surface area contributed by atoms with Gasteiger partial charge >= 0.3 is 11.9 Å². The molecule has 93 heavy (non-hydrogen) atoms. The third-order valence-electron chi connectivity index (χ3n) is 16.5. The highest BCUT2D eigenvalue weighted by molar-refractivity contribution is 7.85. The van der Waals surface area contributed by atoms with Gasteiger partial charge < -0.3 is 28.8 Å². The van der Waals surface area contributed by atoms with Crippen LogP contribution in [0.1, 0.15) is 166 Å². The van der Waals surface area contributed by atoms with Crippen molar-refractivity contribution in [2.24, 2.45) is 23.7 Å². The van der Waals surface area contributed by atoms with Crippen molar-refractivity contribution in [1.29, 1.82) is 0 Å². The van der Waals surface area contributed by atoms with Crippen LogP contribution >= 0.6 is 0 Å². The molecule has 7 aromatic rings. The minimum absolute atomic E-state index is 0.0785. The zero-order valence-electron chi connectivity index (χ0n) is 52.7. The van der Waals surface area contributed by atoms with E-state index in [0.717, 1.165) is 106 Å². The summed E-state index contributed by atoms with van der Waals surface area (Å²) in [6.45, 7) is 5.90. The first-order chi connectivity index (χ1) is 44.7. The summed E-state index contributed by atoms with van der Waals surface area (Å²) in [6, 6.07) is 15.7. The van der Waals surface area contributed by atoms with Gasteiger partial charge in [0.1, 0.15) is 67.0 Å². The lowest BCUT2D eigenvalue weighted by molar-refractivity contribution is 0.0508. The number of hydrogen-bond acceptors (Lipinski definition) is 15. The summed E-state index contributed by atoms with van der Waals surface area (Å²) in [4.78, 5) is 35.1. The summed E-state index contributed by atoms with van der Waals surface area (Å²) < 4.78 is 142. The zero-order chi connectivity index (χ0) is 66.4. The van der Waals surface area contributed by atoms with Crippen LogP contribution in [0.5, 0.6) is 17.6 Å². The van der Waals surface area contributed by atoms with E-state index in [1.54, 1.807) is 40.0 Å². The number of aromatic nitrogens is 8. The number of nitrogens with zero attached hydrogens (tertiary/aromatic N) is 7. The molecule has 0 unspecified atom stereocenters. The number of benzene rings is 3. The van der Waals surface area contributed by atoms with Crippen LogP contribution in [-0.4, -0.2) is 84.1 Å². The lowest BCUT2D eigenvalue weighted by Crippen LogP contribution is -2.20. The molecule has 11 rings (SSSR count). The van der Waals surface area contributed by atoms with E-state index in [0.29, 0.717) is 78.9 Å². The summed E-state index contributed by atoms with van der Waals surface area (Å²) in [6.07, 6.45) is 19.6. The second kappa shape index (κ2) is 34.8. The van der Waals surface area contributed by atoms with Crippen LogP contribution in [0.4, 0.5) is 26.3 Å². The number of carbonyl (C=O) groups excluding carboxylic acids is 2. The number of rotatable bonds is 25. The van der Waals surface area contributed by atoms with E-state index in [9.17, 15) is 54.3 Å². The maximum atomic E-state index is 13.8. The van der Waals surface area contributed by atoms with Crippen molar-refractivity contribution in [3.8, 4) is 17.6 Å². The van der Waals surface area contributed by atoms with Gasteiger partial charge in [-0.1, -0.05) is 51.4 Å². The van der Waals surface area contributed by atoms with E-state index in [1.165, 1.54) is 81.0 Å². The lowest BCUT2D eigenvalue weighted by atomic mass is 10.1. The molecule has 20 nitrogen and oxygen atoms in total. The first kappa shape index (κ1) is 70.9. The quantitative estimate of drug-likeness (QED) is 0.0308. The van der Waals surface area contributed by atoms with E-state index in [1.807, 2.05) is 0 Å². The van der Waals surface area contributed by atoms with Gasteiger partial charge in [0.2, 0.25) is 17.6 Å². The SMILES string of the molecule is CCOC(=O)c1cc(=O)n(CC2CCCC2)[nH]1.CCOC(=O)c1cc(OCc2cc(F)ccc2F)n(CC2CCCC2)n1.CS(=O)(=O)OCc1cc(OCc2cc(F)ccc2F)n(CC2CCCC2)n1.OCc1cc(OCc2cc(F)ccc2F)n(CC2CCCC2)n1. The number of aliphatic hydroxyl groups excluding tert-OH is 1. The minimum Gasteiger partial charge on any atom is -0.473 e. The third kappa shape index (κ3) is 22.1. The second-order valence-corrected chi connectivity index (χ2v) is 25.4. The molecule has 0 aliphatic heterocycles. The lowest BCUT2D eigenvalue weighted by Gasteiger charge is -2.13. The first-order valence-corrected chi connectivity index (χ1v) is 33.5. The van der Waals surface area contributed by atoms with Gasteiger partial charge in [-0.3, -0.25) is 18.8 Å².